The third-order valence-corrected chi connectivity index (χ3v) is 7.09. The first-order chi connectivity index (χ1) is 18.6. The minimum Gasteiger partial charge on any atom is -0.406 e. The molecule has 204 valence electrons. The van der Waals surface area contributed by atoms with Gasteiger partial charge in [-0.25, -0.2) is 0 Å². The number of halogens is 3. The first kappa shape index (κ1) is 26.4. The molecule has 1 fully saturated rings. The Kier molecular flexibility index (Phi) is 7.12. The number of alkyl halides is 3. The molecule has 5 rings (SSSR count). The fourth-order valence-corrected chi connectivity index (χ4v) is 4.85. The summed E-state index contributed by atoms with van der Waals surface area (Å²) >= 11 is 0. The lowest BCUT2D eigenvalue weighted by molar-refractivity contribution is -0.274. The SMILES string of the molecule is CCc1nc2ccn(C)cc-2c1C(=O)NCc1ccc(N(C)C2CN(c3ccc(OC(F)(F)F)cc3)C2)cc1. The maximum absolute atomic E-state index is 13.1. The zero-order chi connectivity index (χ0) is 27.7. The molecular formula is C29H30F3N5O2. The van der Waals surface area contributed by atoms with Gasteiger partial charge in [0.2, 0.25) is 0 Å². The van der Waals surface area contributed by atoms with E-state index in [0.29, 0.717) is 18.5 Å². The minimum atomic E-state index is -4.69. The van der Waals surface area contributed by atoms with E-state index in [4.69, 9.17) is 0 Å². The van der Waals surface area contributed by atoms with Crippen LogP contribution in [0.4, 0.5) is 24.5 Å². The van der Waals surface area contributed by atoms with Crippen LogP contribution in [-0.2, 0) is 20.0 Å². The number of amides is 1. The van der Waals surface area contributed by atoms with Crippen LogP contribution >= 0.6 is 0 Å². The quantitative estimate of drug-likeness (QED) is 0.333. The topological polar surface area (TPSA) is 62.6 Å². The number of hydrogen-bond donors (Lipinski definition) is 1. The van der Waals surface area contributed by atoms with Gasteiger partial charge in [-0.05, 0) is 54.4 Å². The molecule has 0 radical (unpaired) electrons. The maximum Gasteiger partial charge on any atom is 0.573 e. The third-order valence-electron chi connectivity index (χ3n) is 7.09. The number of anilines is 2. The molecule has 1 amide bonds. The summed E-state index contributed by atoms with van der Waals surface area (Å²) in [6.45, 7) is 3.92. The summed E-state index contributed by atoms with van der Waals surface area (Å²) in [5.74, 6) is -0.356. The maximum atomic E-state index is 13.1. The van der Waals surface area contributed by atoms with Crippen LogP contribution in [0.1, 0.15) is 28.5 Å². The molecule has 3 aliphatic rings. The summed E-state index contributed by atoms with van der Waals surface area (Å²) in [5, 5.41) is 3.04. The van der Waals surface area contributed by atoms with Gasteiger partial charge < -0.3 is 24.4 Å². The lowest BCUT2D eigenvalue weighted by Gasteiger charge is -2.46. The van der Waals surface area contributed by atoms with Gasteiger partial charge in [-0.1, -0.05) is 19.1 Å². The number of carbonyl (C=O) groups is 1. The van der Waals surface area contributed by atoms with E-state index in [1.807, 2.05) is 68.3 Å². The monoisotopic (exact) mass is 537 g/mol. The van der Waals surface area contributed by atoms with Gasteiger partial charge in [-0.15, -0.1) is 13.2 Å². The molecule has 0 unspecified atom stereocenters. The Hall–Kier alpha value is -4.21. The van der Waals surface area contributed by atoms with Gasteiger partial charge >= 0.3 is 6.36 Å². The van der Waals surface area contributed by atoms with Crippen molar-refractivity contribution in [3.63, 3.8) is 0 Å². The van der Waals surface area contributed by atoms with E-state index in [2.05, 4.69) is 24.8 Å². The number of aryl methyl sites for hydroxylation is 2. The van der Waals surface area contributed by atoms with Crippen LogP contribution in [0.15, 0.2) is 67.0 Å². The summed E-state index contributed by atoms with van der Waals surface area (Å²) in [4.78, 5) is 22.0. The Morgan fingerprint density at radius 2 is 1.79 bits per heavy atom. The Morgan fingerprint density at radius 3 is 2.44 bits per heavy atom. The van der Waals surface area contributed by atoms with Crippen LogP contribution in [-0.4, -0.2) is 48.0 Å². The summed E-state index contributed by atoms with van der Waals surface area (Å²) in [6, 6.07) is 16.2. The van der Waals surface area contributed by atoms with E-state index in [1.54, 1.807) is 12.1 Å². The van der Waals surface area contributed by atoms with Crippen molar-refractivity contribution in [2.75, 3.05) is 29.9 Å². The molecule has 3 heterocycles. The highest BCUT2D eigenvalue weighted by atomic mass is 19.4. The van der Waals surface area contributed by atoms with Gasteiger partial charge in [0, 0.05) is 63.1 Å². The number of hydrogen-bond acceptors (Lipinski definition) is 5. The van der Waals surface area contributed by atoms with Crippen LogP contribution in [0.2, 0.25) is 0 Å². The van der Waals surface area contributed by atoms with Gasteiger partial charge in [-0.3, -0.25) is 9.78 Å². The zero-order valence-electron chi connectivity index (χ0n) is 22.0. The highest BCUT2D eigenvalue weighted by Gasteiger charge is 2.32. The summed E-state index contributed by atoms with van der Waals surface area (Å²) in [7, 11) is 3.95. The van der Waals surface area contributed by atoms with Crippen molar-refractivity contribution >= 4 is 17.3 Å². The van der Waals surface area contributed by atoms with Crippen molar-refractivity contribution in [1.82, 2.24) is 14.9 Å². The first-order valence-corrected chi connectivity index (χ1v) is 12.8. The fourth-order valence-electron chi connectivity index (χ4n) is 4.85. The minimum absolute atomic E-state index is 0.130. The van der Waals surface area contributed by atoms with Crippen molar-refractivity contribution < 1.29 is 22.7 Å². The molecule has 0 aromatic heterocycles. The van der Waals surface area contributed by atoms with Crippen molar-refractivity contribution in [2.45, 2.75) is 32.3 Å². The molecule has 2 aromatic carbocycles. The highest BCUT2D eigenvalue weighted by molar-refractivity contribution is 6.02. The second-order valence-electron chi connectivity index (χ2n) is 9.76. The molecule has 1 N–H and O–H groups in total. The summed E-state index contributed by atoms with van der Waals surface area (Å²) in [6.07, 6.45) is -0.163. The number of benzene rings is 2. The van der Waals surface area contributed by atoms with Gasteiger partial charge in [0.1, 0.15) is 5.75 Å². The van der Waals surface area contributed by atoms with Gasteiger partial charge in [0.15, 0.2) is 0 Å². The first-order valence-electron chi connectivity index (χ1n) is 12.8. The Labute approximate surface area is 225 Å². The molecule has 3 aliphatic heterocycles. The molecule has 10 heteroatoms. The van der Waals surface area contributed by atoms with E-state index in [1.165, 1.54) is 12.1 Å². The number of nitrogens with one attached hydrogen (secondary N) is 1. The second kappa shape index (κ2) is 10.5. The zero-order valence-corrected chi connectivity index (χ0v) is 22.0. The van der Waals surface area contributed by atoms with Gasteiger partial charge in [0.05, 0.1) is 23.0 Å². The Morgan fingerprint density at radius 1 is 1.10 bits per heavy atom. The predicted octanol–water partition coefficient (Wildman–Crippen LogP) is 5.24. The average Bonchev–Trinajstić information content (AvgIpc) is 3.24. The number of carbonyl (C=O) groups excluding carboxylic acids is 1. The Bertz CT molecular complexity index is 1410. The van der Waals surface area contributed by atoms with E-state index >= 15 is 0 Å². The molecule has 0 spiro atoms. The van der Waals surface area contributed by atoms with Crippen molar-refractivity contribution in [2.24, 2.45) is 7.05 Å². The summed E-state index contributed by atoms with van der Waals surface area (Å²) in [5.41, 5.74) is 6.01. The van der Waals surface area contributed by atoms with Gasteiger partial charge in [0.25, 0.3) is 5.91 Å². The van der Waals surface area contributed by atoms with Crippen molar-refractivity contribution in [3.8, 4) is 17.0 Å². The predicted molar refractivity (Wildman–Crippen MR) is 144 cm³/mol. The lowest BCUT2D eigenvalue weighted by Crippen LogP contribution is -2.58. The number of fused-ring (bicyclic) bond motifs is 1. The third kappa shape index (κ3) is 5.79. The average molecular weight is 538 g/mol. The molecule has 0 aliphatic carbocycles. The molecule has 2 aromatic rings. The number of likely N-dealkylation sites (N-methyl/N-ethyl adjacent to an activating group) is 1. The molecule has 0 bridgehead atoms. The normalized spacial score (nSPS) is 13.8. The van der Waals surface area contributed by atoms with Gasteiger partial charge in [-0.2, -0.15) is 0 Å². The summed E-state index contributed by atoms with van der Waals surface area (Å²) < 4.78 is 43.0. The smallest absolute Gasteiger partial charge is 0.406 e. The van der Waals surface area contributed by atoms with Crippen LogP contribution in [0.25, 0.3) is 11.3 Å². The number of pyridine rings is 1. The van der Waals surface area contributed by atoms with Crippen LogP contribution in [0.3, 0.4) is 0 Å². The molecule has 0 saturated carbocycles. The molecule has 0 atom stereocenters. The highest BCUT2D eigenvalue weighted by Crippen LogP contribution is 2.31. The van der Waals surface area contributed by atoms with Crippen LogP contribution < -0.4 is 19.9 Å². The molecular weight excluding hydrogens is 507 g/mol. The fraction of sp³-hybridized carbons (Fsp3) is 0.310. The van der Waals surface area contributed by atoms with Crippen molar-refractivity contribution in [3.05, 3.63) is 83.8 Å². The standard InChI is InChI=1S/C29H30F3N5O2/c1-4-25-27(24-18-35(2)14-13-26(24)34-25)28(38)33-15-19-5-7-20(8-6-19)36(3)22-16-37(17-22)21-9-11-23(12-10-21)39-29(30,31)32/h5-14,18,22H,4,15-17H2,1-3H3,(H,33,38). The largest absolute Gasteiger partial charge is 0.573 e. The van der Waals surface area contributed by atoms with E-state index < -0.39 is 6.36 Å². The van der Waals surface area contributed by atoms with E-state index in [0.717, 1.165) is 47.0 Å². The second-order valence-corrected chi connectivity index (χ2v) is 9.76. The molecule has 39 heavy (non-hydrogen) atoms. The van der Waals surface area contributed by atoms with Crippen LogP contribution in [0.5, 0.6) is 5.75 Å². The lowest BCUT2D eigenvalue weighted by atomic mass is 10.0. The number of aromatic nitrogens is 2. The number of rotatable bonds is 8. The number of ether oxygens (including phenoxy) is 1. The van der Waals surface area contributed by atoms with E-state index in [9.17, 15) is 18.0 Å². The molecule has 1 saturated heterocycles. The molecule has 7 nitrogen and oxygen atoms in total. The Balaban J connectivity index is 1.15. The van der Waals surface area contributed by atoms with Crippen molar-refractivity contribution in [1.29, 1.82) is 0 Å². The van der Waals surface area contributed by atoms with Crippen LogP contribution in [0, 0.1) is 0 Å². The number of nitrogens with zero attached hydrogens (tertiary/aromatic N) is 4. The van der Waals surface area contributed by atoms with E-state index in [-0.39, 0.29) is 17.7 Å².